The molecule has 0 spiro atoms. The Bertz CT molecular complexity index is 605. The van der Waals surface area contributed by atoms with Gasteiger partial charge in [-0.05, 0) is 32.0 Å². The van der Waals surface area contributed by atoms with Gasteiger partial charge in [0.1, 0.15) is 5.75 Å². The van der Waals surface area contributed by atoms with Gasteiger partial charge in [0.2, 0.25) is 0 Å². The first-order chi connectivity index (χ1) is 8.60. The zero-order valence-electron chi connectivity index (χ0n) is 10.3. The van der Waals surface area contributed by atoms with Crippen molar-refractivity contribution in [1.29, 1.82) is 0 Å². The Morgan fingerprint density at radius 3 is 2.78 bits per heavy atom. The van der Waals surface area contributed by atoms with Crippen LogP contribution in [0.15, 0.2) is 23.2 Å². The van der Waals surface area contributed by atoms with Crippen molar-refractivity contribution < 1.29 is 4.74 Å². The molecule has 1 aromatic heterocycles. The first-order valence-electron chi connectivity index (χ1n) is 5.61. The van der Waals surface area contributed by atoms with Crippen LogP contribution in [-0.2, 0) is 0 Å². The van der Waals surface area contributed by atoms with Crippen LogP contribution in [0.4, 0.5) is 5.95 Å². The van der Waals surface area contributed by atoms with Crippen molar-refractivity contribution in [3.63, 3.8) is 0 Å². The molecule has 1 aromatic carbocycles. The van der Waals surface area contributed by atoms with Crippen molar-refractivity contribution >= 4 is 22.8 Å². The summed E-state index contributed by atoms with van der Waals surface area (Å²) in [6, 6.07) is 5.63. The van der Waals surface area contributed by atoms with Gasteiger partial charge in [-0.25, -0.2) is 9.97 Å². The molecule has 2 aromatic rings. The summed E-state index contributed by atoms with van der Waals surface area (Å²) in [5, 5.41) is 0.926. The van der Waals surface area contributed by atoms with Crippen LogP contribution in [0.3, 0.4) is 0 Å². The Hall–Kier alpha value is -2.37. The maximum Gasteiger partial charge on any atom is 0.253 e. The highest BCUT2D eigenvalue weighted by Crippen LogP contribution is 2.23. The van der Waals surface area contributed by atoms with E-state index in [1.807, 2.05) is 32.0 Å². The summed E-state index contributed by atoms with van der Waals surface area (Å²) in [6.45, 7) is 4.44. The van der Waals surface area contributed by atoms with E-state index >= 15 is 0 Å². The summed E-state index contributed by atoms with van der Waals surface area (Å²) < 4.78 is 5.44. The van der Waals surface area contributed by atoms with E-state index < -0.39 is 0 Å². The molecule has 0 amide bonds. The van der Waals surface area contributed by atoms with Gasteiger partial charge in [0.05, 0.1) is 17.8 Å². The van der Waals surface area contributed by atoms with Crippen LogP contribution in [0.1, 0.15) is 12.6 Å². The fraction of sp³-hybridized carbons (Fsp3) is 0.250. The molecule has 0 saturated heterocycles. The third-order valence-corrected chi connectivity index (χ3v) is 2.39. The highest BCUT2D eigenvalue weighted by Gasteiger charge is 2.05. The van der Waals surface area contributed by atoms with Crippen molar-refractivity contribution in [3.05, 3.63) is 23.9 Å². The smallest absolute Gasteiger partial charge is 0.253 e. The molecule has 0 aliphatic heterocycles. The summed E-state index contributed by atoms with van der Waals surface area (Å²) in [4.78, 5) is 12.3. The fourth-order valence-corrected chi connectivity index (χ4v) is 1.67. The molecule has 2 rings (SSSR count). The molecule has 18 heavy (non-hydrogen) atoms. The largest absolute Gasteiger partial charge is 0.494 e. The molecule has 6 heteroatoms. The van der Waals surface area contributed by atoms with E-state index in [-0.39, 0.29) is 11.9 Å². The monoisotopic (exact) mass is 245 g/mol. The summed E-state index contributed by atoms with van der Waals surface area (Å²) in [6.07, 6.45) is 0. The number of hydrogen-bond donors (Lipinski definition) is 2. The molecule has 0 fully saturated rings. The Balaban J connectivity index is 2.55. The predicted octanol–water partition coefficient (Wildman–Crippen LogP) is 1.24. The quantitative estimate of drug-likeness (QED) is 0.626. The fourth-order valence-electron chi connectivity index (χ4n) is 1.67. The molecule has 0 atom stereocenters. The standard InChI is InChI=1S/C12H15N5O/c1-3-18-8-4-5-10-9(6-8)7(2)15-12(16-10)17-11(13)14/h4-6H,3H2,1-2H3,(H4,13,14,15,16,17). The summed E-state index contributed by atoms with van der Waals surface area (Å²) in [7, 11) is 0. The van der Waals surface area contributed by atoms with Crippen LogP contribution in [-0.4, -0.2) is 22.5 Å². The minimum absolute atomic E-state index is 0.0558. The van der Waals surface area contributed by atoms with Gasteiger partial charge < -0.3 is 16.2 Å². The Kier molecular flexibility index (Phi) is 3.27. The van der Waals surface area contributed by atoms with Crippen LogP contribution in [0, 0.1) is 6.92 Å². The van der Waals surface area contributed by atoms with E-state index in [1.165, 1.54) is 0 Å². The van der Waals surface area contributed by atoms with Crippen molar-refractivity contribution in [3.8, 4) is 5.75 Å². The van der Waals surface area contributed by atoms with Gasteiger partial charge in [0.15, 0.2) is 5.96 Å². The molecular formula is C12H15N5O. The maximum absolute atomic E-state index is 5.44. The second-order valence-corrected chi connectivity index (χ2v) is 3.76. The highest BCUT2D eigenvalue weighted by atomic mass is 16.5. The Morgan fingerprint density at radius 2 is 2.11 bits per heavy atom. The topological polar surface area (TPSA) is 99.4 Å². The second kappa shape index (κ2) is 4.87. The third-order valence-electron chi connectivity index (χ3n) is 2.39. The average molecular weight is 245 g/mol. The zero-order chi connectivity index (χ0) is 13.1. The number of aliphatic imine (C=N–C) groups is 1. The Morgan fingerprint density at radius 1 is 1.33 bits per heavy atom. The van der Waals surface area contributed by atoms with Crippen LogP contribution < -0.4 is 16.2 Å². The SMILES string of the molecule is CCOc1ccc2nc(N=C(N)N)nc(C)c2c1. The van der Waals surface area contributed by atoms with Crippen molar-refractivity contribution in [1.82, 2.24) is 9.97 Å². The van der Waals surface area contributed by atoms with Gasteiger partial charge in [0, 0.05) is 5.39 Å². The van der Waals surface area contributed by atoms with Crippen molar-refractivity contribution in [2.45, 2.75) is 13.8 Å². The average Bonchev–Trinajstić information content (AvgIpc) is 2.29. The van der Waals surface area contributed by atoms with Gasteiger partial charge in [-0.1, -0.05) is 0 Å². The number of nitrogens with two attached hydrogens (primary N) is 2. The normalized spacial score (nSPS) is 10.3. The lowest BCUT2D eigenvalue weighted by atomic mass is 10.2. The second-order valence-electron chi connectivity index (χ2n) is 3.76. The van der Waals surface area contributed by atoms with Crippen LogP contribution in [0.2, 0.25) is 0 Å². The van der Waals surface area contributed by atoms with Gasteiger partial charge in [0.25, 0.3) is 5.95 Å². The van der Waals surface area contributed by atoms with Gasteiger partial charge in [-0.15, -0.1) is 0 Å². The zero-order valence-corrected chi connectivity index (χ0v) is 10.3. The first kappa shape index (κ1) is 12.1. The lowest BCUT2D eigenvalue weighted by Gasteiger charge is -2.06. The van der Waals surface area contributed by atoms with E-state index in [4.69, 9.17) is 16.2 Å². The highest BCUT2D eigenvalue weighted by molar-refractivity contribution is 5.84. The lowest BCUT2D eigenvalue weighted by Crippen LogP contribution is -2.22. The molecular weight excluding hydrogens is 230 g/mol. The number of fused-ring (bicyclic) bond motifs is 1. The lowest BCUT2D eigenvalue weighted by molar-refractivity contribution is 0.340. The van der Waals surface area contributed by atoms with Crippen LogP contribution in [0.25, 0.3) is 10.9 Å². The van der Waals surface area contributed by atoms with E-state index in [9.17, 15) is 0 Å². The van der Waals surface area contributed by atoms with E-state index in [2.05, 4.69) is 15.0 Å². The molecule has 1 heterocycles. The number of rotatable bonds is 3. The van der Waals surface area contributed by atoms with E-state index in [0.717, 1.165) is 22.3 Å². The molecule has 0 saturated carbocycles. The third kappa shape index (κ3) is 2.48. The van der Waals surface area contributed by atoms with Crippen molar-refractivity contribution in [2.75, 3.05) is 6.61 Å². The van der Waals surface area contributed by atoms with Crippen molar-refractivity contribution in [2.24, 2.45) is 16.5 Å². The van der Waals surface area contributed by atoms with Crippen LogP contribution in [0.5, 0.6) is 5.75 Å². The number of aromatic nitrogens is 2. The first-order valence-corrected chi connectivity index (χ1v) is 5.61. The summed E-state index contributed by atoms with van der Waals surface area (Å²) in [5.74, 6) is 1.01. The molecule has 0 bridgehead atoms. The van der Waals surface area contributed by atoms with Gasteiger partial charge in [-0.3, -0.25) is 0 Å². The molecule has 4 N–H and O–H groups in total. The number of nitrogens with zero attached hydrogens (tertiary/aromatic N) is 3. The van der Waals surface area contributed by atoms with E-state index in [1.54, 1.807) is 0 Å². The molecule has 0 unspecified atom stereocenters. The summed E-state index contributed by atoms with van der Waals surface area (Å²) in [5.41, 5.74) is 12.2. The molecule has 6 nitrogen and oxygen atoms in total. The van der Waals surface area contributed by atoms with Gasteiger partial charge >= 0.3 is 0 Å². The van der Waals surface area contributed by atoms with E-state index in [0.29, 0.717) is 6.61 Å². The minimum atomic E-state index is -0.0558. The minimum Gasteiger partial charge on any atom is -0.494 e. The molecule has 94 valence electrons. The molecule has 0 radical (unpaired) electrons. The number of aryl methyl sites for hydroxylation is 1. The summed E-state index contributed by atoms with van der Waals surface area (Å²) >= 11 is 0. The predicted molar refractivity (Wildman–Crippen MR) is 70.9 cm³/mol. The Labute approximate surface area is 105 Å². The number of hydrogen-bond acceptors (Lipinski definition) is 4. The number of guanidine groups is 1. The van der Waals surface area contributed by atoms with Crippen LogP contribution >= 0.6 is 0 Å². The number of benzene rings is 1. The molecule has 0 aliphatic carbocycles. The molecule has 0 aliphatic rings. The van der Waals surface area contributed by atoms with Gasteiger partial charge in [-0.2, -0.15) is 4.99 Å². The maximum atomic E-state index is 5.44. The number of ether oxygens (including phenoxy) is 1.